The summed E-state index contributed by atoms with van der Waals surface area (Å²) in [4.78, 5) is 24.1. The second-order valence-corrected chi connectivity index (χ2v) is 3.46. The van der Waals surface area contributed by atoms with E-state index in [2.05, 4.69) is 20.7 Å². The zero-order valence-corrected chi connectivity index (χ0v) is 9.04. The molecule has 1 saturated heterocycles. The summed E-state index contributed by atoms with van der Waals surface area (Å²) < 4.78 is 4.61. The van der Waals surface area contributed by atoms with Gasteiger partial charge >= 0.3 is 5.97 Å². The number of carbonyl (C=O) groups excluding carboxylic acids is 2. The molecule has 13 heavy (non-hydrogen) atoms. The van der Waals surface area contributed by atoms with Gasteiger partial charge in [0.2, 0.25) is 5.91 Å². The van der Waals surface area contributed by atoms with Crippen LogP contribution in [0.5, 0.6) is 0 Å². The molecular formula is C8H12BrNO3. The number of amides is 1. The molecule has 1 atom stereocenters. The van der Waals surface area contributed by atoms with Gasteiger partial charge in [0.15, 0.2) is 0 Å². The van der Waals surface area contributed by atoms with Crippen molar-refractivity contribution in [3.05, 3.63) is 0 Å². The van der Waals surface area contributed by atoms with Crippen LogP contribution in [0.1, 0.15) is 12.8 Å². The highest BCUT2D eigenvalue weighted by molar-refractivity contribution is 9.09. The lowest BCUT2D eigenvalue weighted by atomic mass is 10.2. The Balaban J connectivity index is 2.63. The molecule has 0 aromatic heterocycles. The van der Waals surface area contributed by atoms with E-state index in [9.17, 15) is 9.59 Å². The van der Waals surface area contributed by atoms with E-state index in [1.165, 1.54) is 7.11 Å². The van der Waals surface area contributed by atoms with Gasteiger partial charge in [-0.25, -0.2) is 4.79 Å². The molecule has 0 unspecified atom stereocenters. The molecule has 0 spiro atoms. The normalized spacial score (nSPS) is 21.7. The van der Waals surface area contributed by atoms with Crippen molar-refractivity contribution in [1.29, 1.82) is 0 Å². The molecule has 74 valence electrons. The second-order valence-electron chi connectivity index (χ2n) is 2.90. The Bertz CT molecular complexity index is 197. The first-order chi connectivity index (χ1) is 6.20. The first-order valence-electron chi connectivity index (χ1n) is 4.14. The number of ether oxygens (including phenoxy) is 1. The average Bonchev–Trinajstić information content (AvgIpc) is 2.63. The van der Waals surface area contributed by atoms with Gasteiger partial charge in [-0.2, -0.15) is 0 Å². The van der Waals surface area contributed by atoms with E-state index in [0.717, 1.165) is 6.42 Å². The van der Waals surface area contributed by atoms with E-state index in [4.69, 9.17) is 0 Å². The number of halogens is 1. The largest absolute Gasteiger partial charge is 0.467 e. The molecule has 0 aliphatic carbocycles. The quantitative estimate of drug-likeness (QED) is 0.531. The highest BCUT2D eigenvalue weighted by atomic mass is 79.9. The van der Waals surface area contributed by atoms with Crippen molar-refractivity contribution >= 4 is 27.8 Å². The van der Waals surface area contributed by atoms with Gasteiger partial charge in [0.25, 0.3) is 0 Å². The van der Waals surface area contributed by atoms with Crippen LogP contribution in [0.25, 0.3) is 0 Å². The van der Waals surface area contributed by atoms with Crippen molar-refractivity contribution in [3.8, 4) is 0 Å². The van der Waals surface area contributed by atoms with Gasteiger partial charge in [-0.05, 0) is 12.8 Å². The second kappa shape index (κ2) is 4.60. The Kier molecular flexibility index (Phi) is 3.71. The molecule has 1 fully saturated rings. The minimum Gasteiger partial charge on any atom is -0.467 e. The van der Waals surface area contributed by atoms with Crippen molar-refractivity contribution < 1.29 is 14.3 Å². The van der Waals surface area contributed by atoms with Crippen LogP contribution in [0.4, 0.5) is 0 Å². The van der Waals surface area contributed by atoms with Crippen molar-refractivity contribution in [2.24, 2.45) is 0 Å². The van der Waals surface area contributed by atoms with Gasteiger partial charge < -0.3 is 9.64 Å². The summed E-state index contributed by atoms with van der Waals surface area (Å²) in [5.74, 6) is -0.361. The number of esters is 1. The van der Waals surface area contributed by atoms with Crippen LogP contribution in [0.2, 0.25) is 0 Å². The third kappa shape index (κ3) is 2.21. The molecule has 0 saturated carbocycles. The number of likely N-dealkylation sites (tertiary alicyclic amines) is 1. The molecular weight excluding hydrogens is 238 g/mol. The van der Waals surface area contributed by atoms with Crippen LogP contribution >= 0.6 is 15.9 Å². The fraction of sp³-hybridized carbons (Fsp3) is 0.750. The van der Waals surface area contributed by atoms with Crippen LogP contribution in [0.3, 0.4) is 0 Å². The SMILES string of the molecule is COC(=O)[C@@H]1CCCN1C(=O)CBr. The lowest BCUT2D eigenvalue weighted by Gasteiger charge is -2.21. The molecule has 1 aliphatic heterocycles. The lowest BCUT2D eigenvalue weighted by Crippen LogP contribution is -2.41. The molecule has 1 amide bonds. The van der Waals surface area contributed by atoms with Crippen molar-refractivity contribution in [3.63, 3.8) is 0 Å². The molecule has 0 N–H and O–H groups in total. The highest BCUT2D eigenvalue weighted by Gasteiger charge is 2.33. The van der Waals surface area contributed by atoms with Gasteiger partial charge in [-0.15, -0.1) is 0 Å². The van der Waals surface area contributed by atoms with E-state index in [-0.39, 0.29) is 23.2 Å². The fourth-order valence-corrected chi connectivity index (χ4v) is 1.85. The number of nitrogens with zero attached hydrogens (tertiary/aromatic N) is 1. The zero-order valence-electron chi connectivity index (χ0n) is 7.46. The molecule has 0 bridgehead atoms. The van der Waals surface area contributed by atoms with Crippen LogP contribution in [0, 0.1) is 0 Å². The molecule has 0 aromatic rings. The average molecular weight is 250 g/mol. The Morgan fingerprint density at radius 2 is 2.31 bits per heavy atom. The first kappa shape index (κ1) is 10.5. The third-order valence-corrected chi connectivity index (χ3v) is 2.64. The predicted molar refractivity (Wildman–Crippen MR) is 50.5 cm³/mol. The van der Waals surface area contributed by atoms with E-state index >= 15 is 0 Å². The predicted octanol–water partition coefficient (Wildman–Crippen LogP) is 0.545. The monoisotopic (exact) mass is 249 g/mol. The molecule has 4 nitrogen and oxygen atoms in total. The topological polar surface area (TPSA) is 46.6 Å². The number of rotatable bonds is 2. The summed E-state index contributed by atoms with van der Waals surface area (Å²) in [7, 11) is 1.34. The van der Waals surface area contributed by atoms with Gasteiger partial charge in [0.1, 0.15) is 6.04 Å². The standard InChI is InChI=1S/C8H12BrNO3/c1-13-8(12)6-3-2-4-10(6)7(11)5-9/h6H,2-5H2,1H3/t6-/m0/s1. The molecule has 1 aliphatic rings. The minimum atomic E-state index is -0.366. The van der Waals surface area contributed by atoms with Crippen LogP contribution < -0.4 is 0 Å². The lowest BCUT2D eigenvalue weighted by molar-refractivity contribution is -0.150. The third-order valence-electron chi connectivity index (χ3n) is 2.16. The van der Waals surface area contributed by atoms with E-state index in [1.54, 1.807) is 4.90 Å². The molecule has 0 radical (unpaired) electrons. The summed E-state index contributed by atoms with van der Waals surface area (Å²) in [6.45, 7) is 0.657. The van der Waals surface area contributed by atoms with Crippen molar-refractivity contribution in [2.75, 3.05) is 19.0 Å². The summed E-state index contributed by atoms with van der Waals surface area (Å²) in [5.41, 5.74) is 0. The maximum Gasteiger partial charge on any atom is 0.328 e. The molecule has 1 rings (SSSR count). The Hall–Kier alpha value is -0.580. The maximum absolute atomic E-state index is 11.3. The number of alkyl halides is 1. The summed E-state index contributed by atoms with van der Waals surface area (Å²) in [5, 5.41) is 0.264. The van der Waals surface area contributed by atoms with Crippen molar-refractivity contribution in [2.45, 2.75) is 18.9 Å². The summed E-state index contributed by atoms with van der Waals surface area (Å²) >= 11 is 3.08. The maximum atomic E-state index is 11.3. The Labute approximate surface area is 85.4 Å². The summed E-state index contributed by atoms with van der Waals surface area (Å²) in [6.07, 6.45) is 1.59. The number of carbonyl (C=O) groups is 2. The van der Waals surface area contributed by atoms with E-state index < -0.39 is 0 Å². The van der Waals surface area contributed by atoms with E-state index in [1.807, 2.05) is 0 Å². The zero-order chi connectivity index (χ0) is 9.84. The van der Waals surface area contributed by atoms with Gasteiger partial charge in [-0.3, -0.25) is 4.79 Å². The smallest absolute Gasteiger partial charge is 0.328 e. The number of hydrogen-bond acceptors (Lipinski definition) is 3. The van der Waals surface area contributed by atoms with Crippen LogP contribution in [-0.2, 0) is 14.3 Å². The van der Waals surface area contributed by atoms with Crippen molar-refractivity contribution in [1.82, 2.24) is 4.90 Å². The minimum absolute atomic E-state index is 0.0482. The van der Waals surface area contributed by atoms with Gasteiger partial charge in [-0.1, -0.05) is 15.9 Å². The van der Waals surface area contributed by atoms with Gasteiger partial charge in [0.05, 0.1) is 12.4 Å². The van der Waals surface area contributed by atoms with Gasteiger partial charge in [0, 0.05) is 6.54 Å². The number of methoxy groups -OCH3 is 1. The Morgan fingerprint density at radius 1 is 1.62 bits per heavy atom. The number of hydrogen-bond donors (Lipinski definition) is 0. The summed E-state index contributed by atoms with van der Waals surface area (Å²) in [6, 6.07) is -0.366. The molecule has 1 heterocycles. The van der Waals surface area contributed by atoms with Crippen LogP contribution in [0.15, 0.2) is 0 Å². The fourth-order valence-electron chi connectivity index (χ4n) is 1.52. The molecule has 0 aromatic carbocycles. The van der Waals surface area contributed by atoms with Crippen LogP contribution in [-0.4, -0.2) is 41.8 Å². The first-order valence-corrected chi connectivity index (χ1v) is 5.26. The Morgan fingerprint density at radius 3 is 2.85 bits per heavy atom. The molecule has 5 heteroatoms. The highest BCUT2D eigenvalue weighted by Crippen LogP contribution is 2.18. The van der Waals surface area contributed by atoms with E-state index in [0.29, 0.717) is 13.0 Å².